The fraction of sp³-hybridized carbons (Fsp3) is 0.747. The molecule has 0 bridgehead atoms. The molecular weight excluding hydrogens is 997 g/mol. The van der Waals surface area contributed by atoms with Crippen LogP contribution in [0.2, 0.25) is 0 Å². The molecule has 0 aromatic rings. The molecule has 0 aromatic heterocycles. The molecule has 0 rings (SSSR count). The van der Waals surface area contributed by atoms with E-state index in [0.29, 0.717) is 19.3 Å². The van der Waals surface area contributed by atoms with Crippen LogP contribution < -0.4 is 0 Å². The average Bonchev–Trinajstić information content (AvgIpc) is 3.46. The Bertz CT molecular complexity index is 1580. The van der Waals surface area contributed by atoms with E-state index < -0.39 is 6.10 Å². The fourth-order valence-electron chi connectivity index (χ4n) is 9.89. The predicted octanol–water partition coefficient (Wildman–Crippen LogP) is 24.0. The lowest BCUT2D eigenvalue weighted by Crippen LogP contribution is -2.30. The first-order valence-electron chi connectivity index (χ1n) is 34.7. The van der Waals surface area contributed by atoms with Gasteiger partial charge >= 0.3 is 17.9 Å². The molecule has 0 aromatic carbocycles. The predicted molar refractivity (Wildman–Crippen MR) is 353 cm³/mol. The Kier molecular flexibility index (Phi) is 65.7. The molecule has 0 fully saturated rings. The van der Waals surface area contributed by atoms with Crippen molar-refractivity contribution in [1.82, 2.24) is 0 Å². The van der Waals surface area contributed by atoms with Crippen molar-refractivity contribution in [1.29, 1.82) is 0 Å². The summed E-state index contributed by atoms with van der Waals surface area (Å²) in [6.45, 7) is 6.54. The Balaban J connectivity index is 4.29. The van der Waals surface area contributed by atoms with Crippen LogP contribution in [0.25, 0.3) is 0 Å². The van der Waals surface area contributed by atoms with Crippen molar-refractivity contribution in [2.45, 2.75) is 348 Å². The van der Waals surface area contributed by atoms with E-state index in [1.165, 1.54) is 186 Å². The number of esters is 3. The Hall–Kier alpha value is -3.67. The lowest BCUT2D eigenvalue weighted by molar-refractivity contribution is -0.167. The third-order valence-electron chi connectivity index (χ3n) is 15.1. The molecule has 0 amide bonds. The van der Waals surface area contributed by atoms with Crippen molar-refractivity contribution in [3.63, 3.8) is 0 Å². The highest BCUT2D eigenvalue weighted by Gasteiger charge is 2.19. The maximum absolute atomic E-state index is 12.9. The van der Waals surface area contributed by atoms with Gasteiger partial charge in [0, 0.05) is 19.3 Å². The fourth-order valence-corrected chi connectivity index (χ4v) is 9.89. The van der Waals surface area contributed by atoms with Gasteiger partial charge in [0.1, 0.15) is 13.2 Å². The van der Waals surface area contributed by atoms with Gasteiger partial charge in [0.25, 0.3) is 0 Å². The summed E-state index contributed by atoms with van der Waals surface area (Å²) >= 11 is 0. The summed E-state index contributed by atoms with van der Waals surface area (Å²) in [5.74, 6) is -0.877. The zero-order chi connectivity index (χ0) is 58.5. The van der Waals surface area contributed by atoms with Gasteiger partial charge in [0.05, 0.1) is 0 Å². The first-order valence-corrected chi connectivity index (χ1v) is 34.7. The normalized spacial score (nSPS) is 12.7. The topological polar surface area (TPSA) is 78.9 Å². The van der Waals surface area contributed by atoms with E-state index in [4.69, 9.17) is 14.2 Å². The van der Waals surface area contributed by atoms with Crippen molar-refractivity contribution < 1.29 is 28.6 Å². The van der Waals surface area contributed by atoms with Crippen LogP contribution >= 0.6 is 0 Å². The molecule has 6 heteroatoms. The zero-order valence-electron chi connectivity index (χ0n) is 53.5. The molecule has 0 N–H and O–H groups in total. The van der Waals surface area contributed by atoms with Crippen LogP contribution in [0.1, 0.15) is 342 Å². The van der Waals surface area contributed by atoms with Gasteiger partial charge < -0.3 is 14.2 Å². The molecule has 1 unspecified atom stereocenters. The maximum atomic E-state index is 12.9. The SMILES string of the molecule is CC/C=C\C/C=C\C/C=C\C/C=C\C/C=C\CCCCCCCCCCCCCCCC(=O)OCC(COC(=O)CCCCCCCCCCCCCCC)OC(=O)CCCCCCCC/C=C\C/C=C\C/C=C\CCCCCCC. The van der Waals surface area contributed by atoms with Crippen LogP contribution in [0.4, 0.5) is 0 Å². The van der Waals surface area contributed by atoms with Gasteiger partial charge in [-0.05, 0) is 103 Å². The number of ether oxygens (including phenoxy) is 3. The summed E-state index contributed by atoms with van der Waals surface area (Å²) in [5, 5.41) is 0. The van der Waals surface area contributed by atoms with Gasteiger partial charge in [0.15, 0.2) is 6.10 Å². The second kappa shape index (κ2) is 68.8. The molecule has 6 nitrogen and oxygen atoms in total. The third kappa shape index (κ3) is 67.0. The second-order valence-corrected chi connectivity index (χ2v) is 23.1. The molecule has 466 valence electrons. The number of carbonyl (C=O) groups is 3. The summed E-state index contributed by atoms with van der Waals surface area (Å²) in [4.78, 5) is 38.4. The molecular formula is C75H130O6. The Labute approximate surface area is 502 Å². The molecule has 0 heterocycles. The van der Waals surface area contributed by atoms with Crippen molar-refractivity contribution in [3.8, 4) is 0 Å². The van der Waals surface area contributed by atoms with Gasteiger partial charge in [-0.15, -0.1) is 0 Å². The minimum absolute atomic E-state index is 0.0793. The lowest BCUT2D eigenvalue weighted by Gasteiger charge is -2.18. The van der Waals surface area contributed by atoms with E-state index in [-0.39, 0.29) is 31.1 Å². The highest BCUT2D eigenvalue weighted by Crippen LogP contribution is 2.17. The van der Waals surface area contributed by atoms with Gasteiger partial charge in [-0.25, -0.2) is 0 Å². The largest absolute Gasteiger partial charge is 0.462 e. The van der Waals surface area contributed by atoms with E-state index in [2.05, 4.69) is 118 Å². The highest BCUT2D eigenvalue weighted by atomic mass is 16.6. The lowest BCUT2D eigenvalue weighted by atomic mass is 10.0. The minimum atomic E-state index is -0.785. The Morgan fingerprint density at radius 3 is 0.753 bits per heavy atom. The quantitative estimate of drug-likeness (QED) is 0.0261. The van der Waals surface area contributed by atoms with E-state index in [0.717, 1.165) is 116 Å². The average molecular weight is 1130 g/mol. The van der Waals surface area contributed by atoms with Crippen LogP contribution in [0.5, 0.6) is 0 Å². The first-order chi connectivity index (χ1) is 40.0. The molecule has 0 radical (unpaired) electrons. The number of hydrogen-bond acceptors (Lipinski definition) is 6. The van der Waals surface area contributed by atoms with Gasteiger partial charge in [0.2, 0.25) is 0 Å². The van der Waals surface area contributed by atoms with Crippen LogP contribution in [0, 0.1) is 0 Å². The number of unbranched alkanes of at least 4 members (excludes halogenated alkanes) is 36. The monoisotopic (exact) mass is 1130 g/mol. The molecule has 0 saturated carbocycles. The summed E-state index contributed by atoms with van der Waals surface area (Å²) in [7, 11) is 0. The molecule has 0 saturated heterocycles. The van der Waals surface area contributed by atoms with Gasteiger partial charge in [-0.2, -0.15) is 0 Å². The molecule has 81 heavy (non-hydrogen) atoms. The molecule has 0 spiro atoms. The minimum Gasteiger partial charge on any atom is -0.462 e. The number of carbonyl (C=O) groups excluding carboxylic acids is 3. The van der Waals surface area contributed by atoms with E-state index >= 15 is 0 Å². The van der Waals surface area contributed by atoms with E-state index in [1.54, 1.807) is 0 Å². The van der Waals surface area contributed by atoms with Crippen LogP contribution in [0.15, 0.2) is 97.2 Å². The van der Waals surface area contributed by atoms with E-state index in [9.17, 15) is 14.4 Å². The van der Waals surface area contributed by atoms with Crippen molar-refractivity contribution in [3.05, 3.63) is 97.2 Å². The highest BCUT2D eigenvalue weighted by molar-refractivity contribution is 5.71. The number of rotatable bonds is 63. The summed E-state index contributed by atoms with van der Waals surface area (Å²) in [5.41, 5.74) is 0. The molecule has 1 atom stereocenters. The maximum Gasteiger partial charge on any atom is 0.306 e. The molecule has 0 aliphatic carbocycles. The number of allylic oxidation sites excluding steroid dienone is 16. The standard InChI is InChI=1S/C75H130O6/c1-4-7-10-13-16-19-22-25-27-29-31-33-34-35-36-37-38-39-40-42-43-45-47-50-53-56-59-62-65-68-74(77)80-71-72(70-79-73(76)67-64-61-58-55-52-49-24-21-18-15-12-9-6-3)81-75(78)69-66-63-60-57-54-51-48-46-44-41-32-30-28-26-23-20-17-14-11-8-5-2/h7,10,16,19,23,25-27,30-33,35-36,44,46,72H,4-6,8-9,11-15,17-18,20-22,24,28-29,34,37-43,45,47-71H2,1-3H3/b10-7-,19-16-,26-23-,27-25-,32-30-,33-31-,36-35-,46-44-. The van der Waals surface area contributed by atoms with Crippen molar-refractivity contribution in [2.75, 3.05) is 13.2 Å². The second-order valence-electron chi connectivity index (χ2n) is 23.1. The zero-order valence-corrected chi connectivity index (χ0v) is 53.5. The van der Waals surface area contributed by atoms with Crippen LogP contribution in [-0.2, 0) is 28.6 Å². The van der Waals surface area contributed by atoms with E-state index in [1.807, 2.05) is 0 Å². The smallest absolute Gasteiger partial charge is 0.306 e. The molecule has 0 aliphatic heterocycles. The van der Waals surface area contributed by atoms with Crippen LogP contribution in [-0.4, -0.2) is 37.2 Å². The first kappa shape index (κ1) is 77.3. The van der Waals surface area contributed by atoms with Gasteiger partial charge in [-0.1, -0.05) is 317 Å². The molecule has 0 aliphatic rings. The van der Waals surface area contributed by atoms with Gasteiger partial charge in [-0.3, -0.25) is 14.4 Å². The summed E-state index contributed by atoms with van der Waals surface area (Å²) in [6, 6.07) is 0. The van der Waals surface area contributed by atoms with Crippen molar-refractivity contribution >= 4 is 17.9 Å². The summed E-state index contributed by atoms with van der Waals surface area (Å²) in [6.07, 6.45) is 92.8. The number of hydrogen-bond donors (Lipinski definition) is 0. The Morgan fingerprint density at radius 2 is 0.481 bits per heavy atom. The third-order valence-corrected chi connectivity index (χ3v) is 15.1. The van der Waals surface area contributed by atoms with Crippen LogP contribution in [0.3, 0.4) is 0 Å². The van der Waals surface area contributed by atoms with Crippen molar-refractivity contribution in [2.24, 2.45) is 0 Å². The summed E-state index contributed by atoms with van der Waals surface area (Å²) < 4.78 is 17.0. The Morgan fingerprint density at radius 1 is 0.259 bits per heavy atom.